The summed E-state index contributed by atoms with van der Waals surface area (Å²) in [6, 6.07) is 3.49. The molecule has 3 aromatic rings. The van der Waals surface area contributed by atoms with E-state index in [0.717, 1.165) is 0 Å². The first-order valence-corrected chi connectivity index (χ1v) is 11.6. The van der Waals surface area contributed by atoms with E-state index in [9.17, 15) is 72.2 Å². The van der Waals surface area contributed by atoms with Crippen LogP contribution in [0.3, 0.4) is 0 Å². The van der Waals surface area contributed by atoms with Crippen molar-refractivity contribution in [3.8, 4) is 0 Å². The summed E-state index contributed by atoms with van der Waals surface area (Å²) in [7, 11) is 0. The summed E-state index contributed by atoms with van der Waals surface area (Å²) >= 11 is 0. The predicted octanol–water partition coefficient (Wildman–Crippen LogP) is 7.48. The van der Waals surface area contributed by atoms with Gasteiger partial charge in [0.15, 0.2) is 12.5 Å². The number of benzene rings is 3. The maximum atomic E-state index is 14.5. The third kappa shape index (κ3) is 5.68. The average molecular weight is 644 g/mol. The molecule has 0 radical (unpaired) electrons. The molecule has 0 saturated carbocycles. The molecule has 0 aromatic heterocycles. The fraction of sp³-hybridized carbons (Fsp3) is 0.192. The monoisotopic (exact) mass is 644 g/mol. The van der Waals surface area contributed by atoms with E-state index in [1.54, 1.807) is 5.32 Å². The molecule has 1 aliphatic rings. The number of carbonyl (C=O) groups excluding carboxylic acids is 3. The lowest BCUT2D eigenvalue weighted by Gasteiger charge is -2.24. The summed E-state index contributed by atoms with van der Waals surface area (Å²) in [6.07, 6.45) is -25.3. The fourth-order valence-electron chi connectivity index (χ4n) is 4.58. The Morgan fingerprint density at radius 2 is 1.18 bits per heavy atom. The topological polar surface area (TPSA) is 86.7 Å². The molecule has 18 heteroatoms. The highest BCUT2D eigenvalue weighted by molar-refractivity contribution is 6.17. The van der Waals surface area contributed by atoms with Gasteiger partial charge in [-0.3, -0.25) is 19.3 Å². The summed E-state index contributed by atoms with van der Waals surface area (Å²) in [6.45, 7) is 0. The molecule has 3 aromatic carbocycles. The van der Waals surface area contributed by atoms with E-state index < -0.39 is 105 Å². The van der Waals surface area contributed by atoms with Crippen LogP contribution in [0.2, 0.25) is 0 Å². The van der Waals surface area contributed by atoms with Gasteiger partial charge < -0.3 is 10.4 Å². The van der Waals surface area contributed by atoms with Gasteiger partial charge in [0.2, 0.25) is 0 Å². The number of aliphatic hydroxyl groups is 1. The minimum atomic E-state index is -5.86. The Morgan fingerprint density at radius 3 is 1.59 bits per heavy atom. The summed E-state index contributed by atoms with van der Waals surface area (Å²) < 4.78 is 164. The van der Waals surface area contributed by atoms with E-state index >= 15 is 0 Å². The number of nitrogens with one attached hydrogen (secondary N) is 1. The Kier molecular flexibility index (Phi) is 7.73. The quantitative estimate of drug-likeness (QED) is 0.228. The predicted molar refractivity (Wildman–Crippen MR) is 124 cm³/mol. The lowest BCUT2D eigenvalue weighted by molar-refractivity contribution is -0.142. The zero-order chi connectivity index (χ0) is 33.2. The first-order chi connectivity index (χ1) is 20.1. The maximum Gasteiger partial charge on any atom is 0.417 e. The fourth-order valence-corrected chi connectivity index (χ4v) is 4.58. The molecule has 0 fully saturated rings. The van der Waals surface area contributed by atoms with E-state index in [1.807, 2.05) is 0 Å². The summed E-state index contributed by atoms with van der Waals surface area (Å²) in [5, 5.41) is 12.4. The molecule has 0 aliphatic carbocycles. The van der Waals surface area contributed by atoms with Crippen LogP contribution in [0.5, 0.6) is 0 Å². The van der Waals surface area contributed by atoms with Gasteiger partial charge in [-0.05, 0) is 48.5 Å². The van der Waals surface area contributed by atoms with Crippen LogP contribution >= 0.6 is 0 Å². The third-order valence-corrected chi connectivity index (χ3v) is 6.37. The number of hydrogen-bond acceptors (Lipinski definition) is 4. The average Bonchev–Trinajstić information content (AvgIpc) is 3.14. The molecule has 1 heterocycles. The lowest BCUT2D eigenvalue weighted by Crippen LogP contribution is -2.28. The molecule has 0 saturated heterocycles. The second-order valence-corrected chi connectivity index (χ2v) is 9.06. The van der Waals surface area contributed by atoms with Crippen molar-refractivity contribution >= 4 is 29.5 Å². The van der Waals surface area contributed by atoms with Crippen LogP contribution in [-0.2, 0) is 24.7 Å². The van der Waals surface area contributed by atoms with Gasteiger partial charge in [0.25, 0.3) is 11.8 Å². The summed E-state index contributed by atoms with van der Waals surface area (Å²) in [5.74, 6) is -4.08. The molecule has 0 bridgehead atoms. The number of alkyl halides is 12. The van der Waals surface area contributed by atoms with Gasteiger partial charge in [-0.2, -0.15) is 52.7 Å². The van der Waals surface area contributed by atoms with Crippen LogP contribution in [-0.4, -0.2) is 23.2 Å². The van der Waals surface area contributed by atoms with Crippen LogP contribution in [0.15, 0.2) is 48.5 Å². The van der Waals surface area contributed by atoms with Gasteiger partial charge >= 0.3 is 24.7 Å². The largest absolute Gasteiger partial charge is 0.417 e. The molecule has 1 aliphatic heterocycles. The highest BCUT2D eigenvalue weighted by Crippen LogP contribution is 2.51. The second kappa shape index (κ2) is 10.5. The molecule has 1 atom stereocenters. The van der Waals surface area contributed by atoms with Gasteiger partial charge in [0, 0.05) is 22.5 Å². The molecule has 6 nitrogen and oxygen atoms in total. The van der Waals surface area contributed by atoms with Crippen LogP contribution in [0.4, 0.5) is 64.1 Å². The van der Waals surface area contributed by atoms with E-state index in [0.29, 0.717) is 48.5 Å². The number of nitrogens with zero attached hydrogens (tertiary/aromatic N) is 1. The summed E-state index contributed by atoms with van der Waals surface area (Å²) in [5.41, 5.74) is -16.5. The zero-order valence-corrected chi connectivity index (χ0v) is 20.9. The normalized spacial score (nSPS) is 15.8. The Labute approximate surface area is 236 Å². The minimum Gasteiger partial charge on any atom is -0.369 e. The van der Waals surface area contributed by atoms with Crippen molar-refractivity contribution in [3.63, 3.8) is 0 Å². The minimum absolute atomic E-state index is 0.0958. The molecule has 234 valence electrons. The van der Waals surface area contributed by atoms with Crippen molar-refractivity contribution in [3.05, 3.63) is 93.0 Å². The van der Waals surface area contributed by atoms with Crippen molar-refractivity contribution in [2.75, 3.05) is 10.2 Å². The highest BCUT2D eigenvalue weighted by Gasteiger charge is 2.54. The van der Waals surface area contributed by atoms with E-state index in [4.69, 9.17) is 0 Å². The van der Waals surface area contributed by atoms with Crippen molar-refractivity contribution in [1.82, 2.24) is 0 Å². The molecule has 0 spiro atoms. The van der Waals surface area contributed by atoms with Crippen LogP contribution in [0, 0.1) is 0 Å². The molecular formula is C26H12F12N2O4. The van der Waals surface area contributed by atoms with Gasteiger partial charge in [-0.1, -0.05) is 0 Å². The number of amides is 2. The highest BCUT2D eigenvalue weighted by atomic mass is 19.4. The Morgan fingerprint density at radius 1 is 0.727 bits per heavy atom. The van der Waals surface area contributed by atoms with E-state index in [1.165, 1.54) is 0 Å². The lowest BCUT2D eigenvalue weighted by atomic mass is 9.86. The molecule has 2 N–H and O–H groups in total. The molecule has 2 amide bonds. The number of aldehydes is 1. The van der Waals surface area contributed by atoms with Crippen molar-refractivity contribution in [2.45, 2.75) is 30.9 Å². The van der Waals surface area contributed by atoms with Gasteiger partial charge in [0.1, 0.15) is 0 Å². The van der Waals surface area contributed by atoms with Gasteiger partial charge in [0.05, 0.1) is 33.4 Å². The number of hydrogen-bond donors (Lipinski definition) is 2. The van der Waals surface area contributed by atoms with Gasteiger partial charge in [-0.15, -0.1) is 0 Å². The van der Waals surface area contributed by atoms with Crippen LogP contribution < -0.4 is 10.2 Å². The number of carbonyl (C=O) groups is 3. The smallest absolute Gasteiger partial charge is 0.369 e. The van der Waals surface area contributed by atoms with E-state index in [-0.39, 0.29) is 4.90 Å². The van der Waals surface area contributed by atoms with Crippen molar-refractivity contribution in [2.24, 2.45) is 0 Å². The SMILES string of the molecule is O=Cc1c(C(=O)Nc2ccc(C(F)(F)F)cc2)c(C(F)(F)F)c2c(c1C(F)(F)F)C(=O)N(c1ccc(C(F)(F)F)cc1)C2O. The number of anilines is 2. The molecule has 1 unspecified atom stereocenters. The molecule has 44 heavy (non-hydrogen) atoms. The standard InChI is InChI=1S/C26H12F12N2O4/c27-23(28,29)10-1-5-12(6-2-10)39-20(42)15-14(9-41)18(25(33,34)35)16-17(19(15)26(36,37)38)22(44)40(21(16)43)13-7-3-11(4-8-13)24(30,31)32/h1-9,22,44H,(H,39,42). The van der Waals surface area contributed by atoms with Crippen molar-refractivity contribution in [1.29, 1.82) is 0 Å². The number of rotatable bonds is 4. The number of halogens is 12. The maximum absolute atomic E-state index is 14.5. The van der Waals surface area contributed by atoms with E-state index in [2.05, 4.69) is 0 Å². The van der Waals surface area contributed by atoms with Gasteiger partial charge in [-0.25, -0.2) is 0 Å². The summed E-state index contributed by atoms with van der Waals surface area (Å²) in [4.78, 5) is 38.0. The van der Waals surface area contributed by atoms with Crippen LogP contribution in [0.25, 0.3) is 0 Å². The Hall–Kier alpha value is -4.61. The second-order valence-electron chi connectivity index (χ2n) is 9.06. The zero-order valence-electron chi connectivity index (χ0n) is 20.9. The number of aliphatic hydroxyl groups excluding tert-OH is 1. The Balaban J connectivity index is 1.97. The van der Waals surface area contributed by atoms with Crippen LogP contribution in [0.1, 0.15) is 65.1 Å². The molecule has 4 rings (SSSR count). The first-order valence-electron chi connectivity index (χ1n) is 11.6. The third-order valence-electron chi connectivity index (χ3n) is 6.37. The number of fused-ring (bicyclic) bond motifs is 1. The van der Waals surface area contributed by atoms with Crippen molar-refractivity contribution < 1.29 is 72.2 Å². The molecular weight excluding hydrogens is 632 g/mol. The Bertz CT molecular complexity index is 1640. The first kappa shape index (κ1) is 32.3.